The predicted octanol–water partition coefficient (Wildman–Crippen LogP) is 2.28. The Hall–Kier alpha value is -1.09. The molecule has 0 aromatic carbocycles. The molecule has 0 amide bonds. The van der Waals surface area contributed by atoms with E-state index in [1.54, 1.807) is 0 Å². The highest BCUT2D eigenvalue weighted by Crippen LogP contribution is 2.32. The maximum atomic E-state index is 5.57. The van der Waals surface area contributed by atoms with E-state index in [0.29, 0.717) is 6.54 Å². The summed E-state index contributed by atoms with van der Waals surface area (Å²) in [6, 6.07) is 4.06. The minimum absolute atomic E-state index is 0.271. The van der Waals surface area contributed by atoms with Crippen LogP contribution in [0.4, 0.5) is 5.69 Å². The molecule has 1 aliphatic rings. The number of hydrogen-bond donors (Lipinski definition) is 2. The first-order chi connectivity index (χ1) is 7.22. The fourth-order valence-corrected chi connectivity index (χ4v) is 2.30. The molecule has 0 bridgehead atoms. The zero-order chi connectivity index (χ0) is 10.7. The number of nitrogens with two attached hydrogens (primary N) is 1. The standard InChI is InChI=1S/C12H19N3/c1-12(5-2-3-6-12)15-10-4-7-14-11(8-10)9-13/h4,7-8H,2-3,5-6,9,13H2,1H3,(H,14,15). The van der Waals surface area contributed by atoms with Gasteiger partial charge in [0.1, 0.15) is 0 Å². The highest BCUT2D eigenvalue weighted by Gasteiger charge is 2.28. The summed E-state index contributed by atoms with van der Waals surface area (Å²) in [7, 11) is 0. The van der Waals surface area contributed by atoms with E-state index in [2.05, 4.69) is 17.2 Å². The van der Waals surface area contributed by atoms with Gasteiger partial charge < -0.3 is 11.1 Å². The smallest absolute Gasteiger partial charge is 0.0559 e. The van der Waals surface area contributed by atoms with Gasteiger partial charge in [0.15, 0.2) is 0 Å². The molecule has 3 nitrogen and oxygen atoms in total. The number of anilines is 1. The van der Waals surface area contributed by atoms with Crippen LogP contribution in [0.25, 0.3) is 0 Å². The lowest BCUT2D eigenvalue weighted by atomic mass is 10.0. The lowest BCUT2D eigenvalue weighted by Crippen LogP contribution is -2.30. The van der Waals surface area contributed by atoms with E-state index in [-0.39, 0.29) is 5.54 Å². The maximum absolute atomic E-state index is 5.57. The first kappa shape index (κ1) is 10.4. The molecule has 1 saturated carbocycles. The fourth-order valence-electron chi connectivity index (χ4n) is 2.30. The Morgan fingerprint density at radius 3 is 2.87 bits per heavy atom. The van der Waals surface area contributed by atoms with Gasteiger partial charge in [0.25, 0.3) is 0 Å². The molecule has 1 aromatic heterocycles. The van der Waals surface area contributed by atoms with Crippen molar-refractivity contribution in [2.75, 3.05) is 5.32 Å². The highest BCUT2D eigenvalue weighted by molar-refractivity contribution is 5.45. The molecule has 15 heavy (non-hydrogen) atoms. The second kappa shape index (κ2) is 4.19. The molecule has 1 fully saturated rings. The topological polar surface area (TPSA) is 50.9 Å². The third kappa shape index (κ3) is 2.48. The van der Waals surface area contributed by atoms with E-state index in [1.807, 2.05) is 18.3 Å². The number of aromatic nitrogens is 1. The van der Waals surface area contributed by atoms with Crippen molar-refractivity contribution in [1.82, 2.24) is 4.98 Å². The first-order valence-electron chi connectivity index (χ1n) is 5.65. The summed E-state index contributed by atoms with van der Waals surface area (Å²) in [5.41, 5.74) is 7.93. The molecule has 0 saturated heterocycles. The van der Waals surface area contributed by atoms with Gasteiger partial charge >= 0.3 is 0 Å². The van der Waals surface area contributed by atoms with E-state index in [0.717, 1.165) is 11.4 Å². The van der Waals surface area contributed by atoms with Crippen molar-refractivity contribution in [3.8, 4) is 0 Å². The summed E-state index contributed by atoms with van der Waals surface area (Å²) in [4.78, 5) is 4.19. The molecule has 0 spiro atoms. The molecule has 1 aromatic rings. The minimum atomic E-state index is 0.271. The van der Waals surface area contributed by atoms with E-state index in [4.69, 9.17) is 5.73 Å². The zero-order valence-corrected chi connectivity index (χ0v) is 9.29. The van der Waals surface area contributed by atoms with Crippen LogP contribution in [0.3, 0.4) is 0 Å². The summed E-state index contributed by atoms with van der Waals surface area (Å²) in [5.74, 6) is 0. The Balaban J connectivity index is 2.09. The second-order valence-electron chi connectivity index (χ2n) is 4.63. The largest absolute Gasteiger partial charge is 0.380 e. The van der Waals surface area contributed by atoms with Gasteiger partial charge in [-0.25, -0.2) is 0 Å². The molecule has 1 heterocycles. The quantitative estimate of drug-likeness (QED) is 0.796. The second-order valence-corrected chi connectivity index (χ2v) is 4.63. The van der Waals surface area contributed by atoms with Gasteiger partial charge in [0.2, 0.25) is 0 Å². The fraction of sp³-hybridized carbons (Fsp3) is 0.583. The van der Waals surface area contributed by atoms with Crippen molar-refractivity contribution in [3.05, 3.63) is 24.0 Å². The molecule has 0 atom stereocenters. The van der Waals surface area contributed by atoms with Gasteiger partial charge in [-0.05, 0) is 31.9 Å². The van der Waals surface area contributed by atoms with Crippen LogP contribution in [0.5, 0.6) is 0 Å². The van der Waals surface area contributed by atoms with Crippen LogP contribution in [0.2, 0.25) is 0 Å². The average Bonchev–Trinajstić information content (AvgIpc) is 2.65. The number of nitrogens with zero attached hydrogens (tertiary/aromatic N) is 1. The van der Waals surface area contributed by atoms with E-state index in [1.165, 1.54) is 25.7 Å². The van der Waals surface area contributed by atoms with Crippen LogP contribution >= 0.6 is 0 Å². The third-order valence-electron chi connectivity index (χ3n) is 3.18. The molecule has 2 rings (SSSR count). The van der Waals surface area contributed by atoms with E-state index >= 15 is 0 Å². The molecule has 3 heteroatoms. The van der Waals surface area contributed by atoms with Crippen LogP contribution in [0.15, 0.2) is 18.3 Å². The molecule has 0 unspecified atom stereocenters. The van der Waals surface area contributed by atoms with Crippen molar-refractivity contribution in [2.24, 2.45) is 5.73 Å². The average molecular weight is 205 g/mol. The van der Waals surface area contributed by atoms with E-state index < -0.39 is 0 Å². The van der Waals surface area contributed by atoms with Crippen LogP contribution in [-0.2, 0) is 6.54 Å². The van der Waals surface area contributed by atoms with Crippen molar-refractivity contribution in [2.45, 2.75) is 44.7 Å². The summed E-state index contributed by atoms with van der Waals surface area (Å²) >= 11 is 0. The number of nitrogens with one attached hydrogen (secondary N) is 1. The van der Waals surface area contributed by atoms with Gasteiger partial charge in [-0.2, -0.15) is 0 Å². The van der Waals surface area contributed by atoms with Gasteiger partial charge in [0, 0.05) is 24.0 Å². The summed E-state index contributed by atoms with van der Waals surface area (Å²) in [5, 5.41) is 3.60. The molecule has 0 radical (unpaired) electrons. The van der Waals surface area contributed by atoms with Crippen LogP contribution in [0, 0.1) is 0 Å². The molecular weight excluding hydrogens is 186 g/mol. The van der Waals surface area contributed by atoms with Crippen molar-refractivity contribution >= 4 is 5.69 Å². The summed E-state index contributed by atoms with van der Waals surface area (Å²) in [6.45, 7) is 2.80. The van der Waals surface area contributed by atoms with Gasteiger partial charge in [-0.1, -0.05) is 12.8 Å². The molecule has 82 valence electrons. The van der Waals surface area contributed by atoms with Gasteiger partial charge in [-0.3, -0.25) is 4.98 Å². The first-order valence-corrected chi connectivity index (χ1v) is 5.65. The third-order valence-corrected chi connectivity index (χ3v) is 3.18. The minimum Gasteiger partial charge on any atom is -0.380 e. The van der Waals surface area contributed by atoms with Crippen LogP contribution in [0.1, 0.15) is 38.3 Å². The number of hydrogen-bond acceptors (Lipinski definition) is 3. The Bertz CT molecular complexity index is 329. The van der Waals surface area contributed by atoms with Crippen molar-refractivity contribution in [3.63, 3.8) is 0 Å². The maximum Gasteiger partial charge on any atom is 0.0559 e. The van der Waals surface area contributed by atoms with Gasteiger partial charge in [-0.15, -0.1) is 0 Å². The zero-order valence-electron chi connectivity index (χ0n) is 9.29. The number of pyridine rings is 1. The monoisotopic (exact) mass is 205 g/mol. The highest BCUT2D eigenvalue weighted by atomic mass is 15.0. The summed E-state index contributed by atoms with van der Waals surface area (Å²) in [6.07, 6.45) is 7.00. The Kier molecular flexibility index (Phi) is 2.91. The lowest BCUT2D eigenvalue weighted by molar-refractivity contribution is 0.533. The predicted molar refractivity (Wildman–Crippen MR) is 62.6 cm³/mol. The summed E-state index contributed by atoms with van der Waals surface area (Å²) < 4.78 is 0. The molecule has 1 aliphatic carbocycles. The molecule has 3 N–H and O–H groups in total. The Labute approximate surface area is 91.1 Å². The molecule has 0 aliphatic heterocycles. The van der Waals surface area contributed by atoms with Gasteiger partial charge in [0.05, 0.1) is 5.69 Å². The lowest BCUT2D eigenvalue weighted by Gasteiger charge is -2.26. The van der Waals surface area contributed by atoms with Crippen molar-refractivity contribution in [1.29, 1.82) is 0 Å². The number of rotatable bonds is 3. The Morgan fingerprint density at radius 1 is 1.47 bits per heavy atom. The Morgan fingerprint density at radius 2 is 2.20 bits per heavy atom. The van der Waals surface area contributed by atoms with Crippen molar-refractivity contribution < 1.29 is 0 Å². The van der Waals surface area contributed by atoms with Crippen LogP contribution in [-0.4, -0.2) is 10.5 Å². The van der Waals surface area contributed by atoms with E-state index in [9.17, 15) is 0 Å². The molecular formula is C12H19N3. The SMILES string of the molecule is CC1(Nc2ccnc(CN)c2)CCCC1. The normalized spacial score (nSPS) is 19.1. The van der Waals surface area contributed by atoms with Crippen LogP contribution < -0.4 is 11.1 Å².